The quantitative estimate of drug-likeness (QED) is 0.883. The maximum Gasteiger partial charge on any atom is 0.256 e. The van der Waals surface area contributed by atoms with Gasteiger partial charge in [0.05, 0.1) is 42.9 Å². The molecule has 0 spiro atoms. The van der Waals surface area contributed by atoms with Crippen LogP contribution in [0.3, 0.4) is 0 Å². The molecule has 4 rings (SSSR count). The number of carbonyl (C=O) groups is 1. The molecule has 1 saturated heterocycles. The van der Waals surface area contributed by atoms with Crippen molar-refractivity contribution in [3.05, 3.63) is 35.1 Å². The molecule has 7 nitrogen and oxygen atoms in total. The summed E-state index contributed by atoms with van der Waals surface area (Å²) in [6, 6.07) is 1.53. The number of nitrogens with zero attached hydrogens (tertiary/aromatic N) is 4. The molecule has 2 fully saturated rings. The summed E-state index contributed by atoms with van der Waals surface area (Å²) in [7, 11) is 0. The van der Waals surface area contributed by atoms with Gasteiger partial charge in [-0.2, -0.15) is 10.2 Å². The number of rotatable bonds is 5. The number of anilines is 1. The lowest BCUT2D eigenvalue weighted by atomic mass is 9.86. The Hall–Kier alpha value is -2.06. The highest BCUT2D eigenvalue weighted by molar-refractivity contribution is 7.13. The molecule has 1 amide bonds. The van der Waals surface area contributed by atoms with Gasteiger partial charge in [-0.05, 0) is 24.8 Å². The van der Waals surface area contributed by atoms with Gasteiger partial charge in [-0.3, -0.25) is 4.79 Å². The van der Waals surface area contributed by atoms with Gasteiger partial charge < -0.3 is 15.0 Å². The van der Waals surface area contributed by atoms with E-state index in [9.17, 15) is 4.79 Å². The molecule has 0 bridgehead atoms. The van der Waals surface area contributed by atoms with Crippen LogP contribution in [0.4, 0.5) is 5.13 Å². The third kappa shape index (κ3) is 3.64. The van der Waals surface area contributed by atoms with Crippen LogP contribution in [0.25, 0.3) is 0 Å². The molecule has 3 heterocycles. The van der Waals surface area contributed by atoms with Gasteiger partial charge in [0, 0.05) is 18.5 Å². The summed E-state index contributed by atoms with van der Waals surface area (Å²) in [4.78, 5) is 19.3. The molecular formula is C17H21N5O2S. The Morgan fingerprint density at radius 1 is 1.40 bits per heavy atom. The molecule has 0 aromatic carbocycles. The highest BCUT2D eigenvalue weighted by Crippen LogP contribution is 2.30. The SMILES string of the molecule is O=C(c1ccnnc1)N1CCOCC1c1csc(NCC2CCC2)n1. The van der Waals surface area contributed by atoms with Crippen molar-refractivity contribution < 1.29 is 9.53 Å². The first-order valence-corrected chi connectivity index (χ1v) is 9.54. The fourth-order valence-corrected chi connectivity index (χ4v) is 3.89. The molecule has 25 heavy (non-hydrogen) atoms. The predicted octanol–water partition coefficient (Wildman–Crippen LogP) is 2.36. The monoisotopic (exact) mass is 359 g/mol. The Balaban J connectivity index is 1.47. The lowest BCUT2D eigenvalue weighted by Gasteiger charge is -2.34. The molecule has 0 radical (unpaired) electrons. The topological polar surface area (TPSA) is 80.2 Å². The third-order valence-electron chi connectivity index (χ3n) is 4.85. The van der Waals surface area contributed by atoms with Crippen molar-refractivity contribution in [2.24, 2.45) is 5.92 Å². The number of hydrogen-bond donors (Lipinski definition) is 1. The van der Waals surface area contributed by atoms with Gasteiger partial charge in [0.2, 0.25) is 0 Å². The van der Waals surface area contributed by atoms with E-state index in [1.54, 1.807) is 17.4 Å². The number of morpholine rings is 1. The van der Waals surface area contributed by atoms with Crippen LogP contribution in [0.15, 0.2) is 23.8 Å². The number of amides is 1. The van der Waals surface area contributed by atoms with Crippen LogP contribution in [0.1, 0.15) is 41.4 Å². The van der Waals surface area contributed by atoms with E-state index in [0.717, 1.165) is 23.3 Å². The van der Waals surface area contributed by atoms with Gasteiger partial charge in [-0.15, -0.1) is 11.3 Å². The molecule has 1 aliphatic heterocycles. The molecule has 1 saturated carbocycles. The first-order valence-electron chi connectivity index (χ1n) is 8.66. The minimum Gasteiger partial charge on any atom is -0.377 e. The maximum absolute atomic E-state index is 12.8. The largest absolute Gasteiger partial charge is 0.377 e. The van der Waals surface area contributed by atoms with Crippen molar-refractivity contribution in [3.8, 4) is 0 Å². The van der Waals surface area contributed by atoms with E-state index < -0.39 is 0 Å². The Morgan fingerprint density at radius 3 is 3.08 bits per heavy atom. The fraction of sp³-hybridized carbons (Fsp3) is 0.529. The minimum absolute atomic E-state index is 0.0554. The van der Waals surface area contributed by atoms with Gasteiger partial charge in [0.25, 0.3) is 5.91 Å². The van der Waals surface area contributed by atoms with E-state index in [-0.39, 0.29) is 11.9 Å². The second kappa shape index (κ2) is 7.45. The third-order valence-corrected chi connectivity index (χ3v) is 5.67. The molecule has 2 aromatic heterocycles. The maximum atomic E-state index is 12.8. The Bertz CT molecular complexity index is 719. The molecule has 132 valence electrons. The highest BCUT2D eigenvalue weighted by atomic mass is 32.1. The molecule has 1 unspecified atom stereocenters. The zero-order chi connectivity index (χ0) is 17.1. The van der Waals surface area contributed by atoms with Gasteiger partial charge >= 0.3 is 0 Å². The summed E-state index contributed by atoms with van der Waals surface area (Å²) < 4.78 is 5.61. The Kier molecular flexibility index (Phi) is 4.89. The van der Waals surface area contributed by atoms with Gasteiger partial charge in [-0.1, -0.05) is 6.42 Å². The summed E-state index contributed by atoms with van der Waals surface area (Å²) in [6.07, 6.45) is 7.00. The fourth-order valence-electron chi connectivity index (χ4n) is 3.12. The average molecular weight is 359 g/mol. The van der Waals surface area contributed by atoms with Crippen molar-refractivity contribution in [1.29, 1.82) is 0 Å². The first kappa shape index (κ1) is 16.4. The highest BCUT2D eigenvalue weighted by Gasteiger charge is 2.31. The van der Waals surface area contributed by atoms with Crippen LogP contribution < -0.4 is 5.32 Å². The normalized spacial score (nSPS) is 21.0. The number of thiazole rings is 1. The van der Waals surface area contributed by atoms with Crippen LogP contribution in [-0.4, -0.2) is 52.3 Å². The average Bonchev–Trinajstić information content (AvgIpc) is 3.09. The standard InChI is InChI=1S/C17H21N5O2S/c23-16(13-4-5-19-20-9-13)22-6-7-24-10-15(22)14-11-25-17(21-14)18-8-12-2-1-3-12/h4-5,9,11-12,15H,1-3,6-8,10H2,(H,18,21). The molecule has 8 heteroatoms. The number of ether oxygens (including phenoxy) is 1. The van der Waals surface area contributed by atoms with Crippen molar-refractivity contribution in [3.63, 3.8) is 0 Å². The van der Waals surface area contributed by atoms with Crippen molar-refractivity contribution in [2.45, 2.75) is 25.3 Å². The number of hydrogen-bond acceptors (Lipinski definition) is 7. The molecule has 2 aliphatic rings. The van der Waals surface area contributed by atoms with E-state index in [2.05, 4.69) is 15.5 Å². The van der Waals surface area contributed by atoms with Crippen LogP contribution in [0.2, 0.25) is 0 Å². The second-order valence-corrected chi connectivity index (χ2v) is 7.33. The summed E-state index contributed by atoms with van der Waals surface area (Å²) >= 11 is 1.59. The first-order chi connectivity index (χ1) is 12.3. The molecule has 2 aromatic rings. The summed E-state index contributed by atoms with van der Waals surface area (Å²) in [6.45, 7) is 2.54. The lowest BCUT2D eigenvalue weighted by Crippen LogP contribution is -2.43. The molecule has 1 N–H and O–H groups in total. The van der Waals surface area contributed by atoms with Crippen molar-refractivity contribution in [1.82, 2.24) is 20.1 Å². The van der Waals surface area contributed by atoms with Gasteiger partial charge in [-0.25, -0.2) is 4.98 Å². The van der Waals surface area contributed by atoms with Crippen molar-refractivity contribution in [2.75, 3.05) is 31.6 Å². The Morgan fingerprint density at radius 2 is 2.32 bits per heavy atom. The predicted molar refractivity (Wildman–Crippen MR) is 94.6 cm³/mol. The molecule has 1 atom stereocenters. The Labute approximate surface area is 150 Å². The van der Waals surface area contributed by atoms with E-state index >= 15 is 0 Å². The summed E-state index contributed by atoms with van der Waals surface area (Å²) in [5.74, 6) is 0.725. The van der Waals surface area contributed by atoms with Crippen LogP contribution in [-0.2, 0) is 4.74 Å². The summed E-state index contributed by atoms with van der Waals surface area (Å²) in [5.41, 5.74) is 1.43. The van der Waals surface area contributed by atoms with E-state index in [0.29, 0.717) is 25.3 Å². The van der Waals surface area contributed by atoms with Crippen LogP contribution in [0, 0.1) is 5.92 Å². The van der Waals surface area contributed by atoms with E-state index in [4.69, 9.17) is 9.72 Å². The van der Waals surface area contributed by atoms with Crippen LogP contribution in [0.5, 0.6) is 0 Å². The minimum atomic E-state index is -0.162. The summed E-state index contributed by atoms with van der Waals surface area (Å²) in [5, 5.41) is 13.9. The number of carbonyl (C=O) groups excluding carboxylic acids is 1. The molecular weight excluding hydrogens is 338 g/mol. The van der Waals surface area contributed by atoms with Gasteiger partial charge in [0.15, 0.2) is 5.13 Å². The molecule has 1 aliphatic carbocycles. The smallest absolute Gasteiger partial charge is 0.256 e. The van der Waals surface area contributed by atoms with E-state index in [1.165, 1.54) is 31.7 Å². The second-order valence-electron chi connectivity index (χ2n) is 6.48. The van der Waals surface area contributed by atoms with Gasteiger partial charge in [0.1, 0.15) is 0 Å². The lowest BCUT2D eigenvalue weighted by molar-refractivity contribution is -0.00374. The van der Waals surface area contributed by atoms with Crippen molar-refractivity contribution >= 4 is 22.4 Å². The number of nitrogens with one attached hydrogen (secondary N) is 1. The number of aromatic nitrogens is 3. The zero-order valence-corrected chi connectivity index (χ0v) is 14.7. The van der Waals surface area contributed by atoms with E-state index in [1.807, 2.05) is 10.3 Å². The zero-order valence-electron chi connectivity index (χ0n) is 13.9. The van der Waals surface area contributed by atoms with Crippen LogP contribution >= 0.6 is 11.3 Å².